The van der Waals surface area contributed by atoms with Crippen molar-refractivity contribution in [2.45, 2.75) is 50.4 Å². The molecule has 15 heavy (non-hydrogen) atoms. The molecule has 1 N–H and O–H groups in total. The fraction of sp³-hybridized carbons (Fsp3) is 0.909. The second-order valence-electron chi connectivity index (χ2n) is 4.71. The van der Waals surface area contributed by atoms with Gasteiger partial charge in [0.25, 0.3) is 0 Å². The molecule has 3 nitrogen and oxygen atoms in total. The van der Waals surface area contributed by atoms with Crippen LogP contribution in [0.1, 0.15) is 32.6 Å². The van der Waals surface area contributed by atoms with Crippen molar-refractivity contribution in [3.63, 3.8) is 0 Å². The van der Waals surface area contributed by atoms with Crippen molar-refractivity contribution in [2.75, 3.05) is 13.2 Å². The number of aliphatic hydroxyl groups excluding tert-OH is 1. The van der Waals surface area contributed by atoms with Crippen LogP contribution < -0.4 is 0 Å². The zero-order valence-electron chi connectivity index (χ0n) is 9.08. The van der Waals surface area contributed by atoms with E-state index in [9.17, 15) is 14.3 Å². The fourth-order valence-corrected chi connectivity index (χ4v) is 3.07. The van der Waals surface area contributed by atoms with Gasteiger partial charge in [0.2, 0.25) is 0 Å². The molecule has 4 heteroatoms. The highest BCUT2D eigenvalue weighted by Crippen LogP contribution is 2.43. The first kappa shape index (κ1) is 11.0. The number of hydrogen-bond donors (Lipinski definition) is 1. The smallest absolute Gasteiger partial charge is 0.149 e. The number of aliphatic hydroxyl groups is 1. The van der Waals surface area contributed by atoms with Gasteiger partial charge in [-0.25, -0.2) is 4.39 Å². The molecule has 0 saturated carbocycles. The van der Waals surface area contributed by atoms with Gasteiger partial charge in [0.05, 0.1) is 12.6 Å². The Morgan fingerprint density at radius 2 is 2.40 bits per heavy atom. The van der Waals surface area contributed by atoms with Crippen LogP contribution >= 0.6 is 0 Å². The third kappa shape index (κ3) is 1.60. The quantitative estimate of drug-likeness (QED) is 0.760. The number of hydrogen-bond acceptors (Lipinski definition) is 3. The van der Waals surface area contributed by atoms with Crippen LogP contribution in [0.25, 0.3) is 0 Å². The molecule has 3 atom stereocenters. The zero-order valence-corrected chi connectivity index (χ0v) is 9.08. The summed E-state index contributed by atoms with van der Waals surface area (Å²) in [4.78, 5) is 13.6. The van der Waals surface area contributed by atoms with Gasteiger partial charge < -0.3 is 5.11 Å². The van der Waals surface area contributed by atoms with E-state index < -0.39 is 11.7 Å². The lowest BCUT2D eigenvalue weighted by Gasteiger charge is -2.32. The van der Waals surface area contributed by atoms with Gasteiger partial charge in [0.1, 0.15) is 12.0 Å². The number of alkyl halides is 1. The molecule has 0 bridgehead atoms. The Kier molecular flexibility index (Phi) is 2.81. The highest BCUT2D eigenvalue weighted by molar-refractivity contribution is 5.84. The lowest BCUT2D eigenvalue weighted by molar-refractivity contribution is -0.124. The molecule has 0 aliphatic carbocycles. The minimum Gasteiger partial charge on any atom is -0.394 e. The van der Waals surface area contributed by atoms with Crippen LogP contribution in [0.3, 0.4) is 0 Å². The Morgan fingerprint density at radius 1 is 1.67 bits per heavy atom. The van der Waals surface area contributed by atoms with Gasteiger partial charge in [-0.15, -0.1) is 0 Å². The molecule has 0 aromatic carbocycles. The van der Waals surface area contributed by atoms with Gasteiger partial charge in [-0.05, 0) is 12.8 Å². The molecular weight excluding hydrogens is 197 g/mol. The van der Waals surface area contributed by atoms with Crippen LogP contribution in [0.4, 0.5) is 4.39 Å². The Balaban J connectivity index is 2.18. The molecule has 2 aliphatic heterocycles. The molecule has 0 unspecified atom stereocenters. The SMILES string of the molecule is CCC(=O)[C@H]1CC[C@@]2(CO)C[C@@H](F)CN12. The maximum absolute atomic E-state index is 13.4. The molecule has 2 rings (SSSR count). The number of rotatable bonds is 3. The third-order valence-electron chi connectivity index (χ3n) is 3.88. The van der Waals surface area contributed by atoms with E-state index >= 15 is 0 Å². The van der Waals surface area contributed by atoms with Crippen molar-refractivity contribution in [3.8, 4) is 0 Å². The van der Waals surface area contributed by atoms with Crippen molar-refractivity contribution >= 4 is 5.78 Å². The zero-order chi connectivity index (χ0) is 11.1. The predicted molar refractivity (Wildman–Crippen MR) is 54.4 cm³/mol. The van der Waals surface area contributed by atoms with E-state index in [-0.39, 0.29) is 18.4 Å². The number of Topliss-reactive ketones (excluding diaryl/α,β-unsaturated/α-hetero) is 1. The van der Waals surface area contributed by atoms with E-state index in [1.54, 1.807) is 0 Å². The normalized spacial score (nSPS) is 40.7. The Hall–Kier alpha value is -0.480. The lowest BCUT2D eigenvalue weighted by atomic mass is 9.95. The summed E-state index contributed by atoms with van der Waals surface area (Å²) >= 11 is 0. The maximum Gasteiger partial charge on any atom is 0.149 e. The van der Waals surface area contributed by atoms with Crippen LogP contribution in [0.15, 0.2) is 0 Å². The van der Waals surface area contributed by atoms with Crippen LogP contribution in [0.5, 0.6) is 0 Å². The fourth-order valence-electron chi connectivity index (χ4n) is 3.07. The summed E-state index contributed by atoms with van der Waals surface area (Å²) < 4.78 is 13.4. The van der Waals surface area contributed by atoms with Gasteiger partial charge in [-0.1, -0.05) is 6.92 Å². The van der Waals surface area contributed by atoms with Crippen molar-refractivity contribution in [2.24, 2.45) is 0 Å². The second kappa shape index (κ2) is 3.83. The van der Waals surface area contributed by atoms with Crippen LogP contribution in [-0.2, 0) is 4.79 Å². The number of nitrogens with zero attached hydrogens (tertiary/aromatic N) is 1. The molecule has 2 heterocycles. The molecule has 0 spiro atoms. The summed E-state index contributed by atoms with van der Waals surface area (Å²) in [5.41, 5.74) is -0.436. The number of fused-ring (bicyclic) bond motifs is 1. The summed E-state index contributed by atoms with van der Waals surface area (Å²) in [6.45, 7) is 2.13. The predicted octanol–water partition coefficient (Wildman–Crippen LogP) is 0.903. The van der Waals surface area contributed by atoms with Crippen molar-refractivity contribution in [1.29, 1.82) is 0 Å². The van der Waals surface area contributed by atoms with Gasteiger partial charge in [0.15, 0.2) is 0 Å². The lowest BCUT2D eigenvalue weighted by Crippen LogP contribution is -2.47. The van der Waals surface area contributed by atoms with Crippen LogP contribution in [0, 0.1) is 0 Å². The van der Waals surface area contributed by atoms with Gasteiger partial charge in [0, 0.05) is 24.9 Å². The van der Waals surface area contributed by atoms with Gasteiger partial charge >= 0.3 is 0 Å². The molecule has 0 aromatic rings. The summed E-state index contributed by atoms with van der Waals surface area (Å²) in [6, 6.07) is -0.150. The summed E-state index contributed by atoms with van der Waals surface area (Å²) in [5, 5.41) is 9.40. The minimum absolute atomic E-state index is 0.0269. The Labute approximate surface area is 89.3 Å². The highest BCUT2D eigenvalue weighted by atomic mass is 19.1. The molecule has 2 aliphatic rings. The first-order chi connectivity index (χ1) is 7.13. The average molecular weight is 215 g/mol. The molecule has 2 fully saturated rings. The van der Waals surface area contributed by atoms with E-state index in [1.165, 1.54) is 0 Å². The topological polar surface area (TPSA) is 40.5 Å². The number of carbonyl (C=O) groups is 1. The largest absolute Gasteiger partial charge is 0.394 e. The standard InChI is InChI=1S/C11H18FNO2/c1-2-10(15)9-3-4-11(7-14)5-8(12)6-13(9)11/h8-9,14H,2-7H2,1H3/t8-,9-,11+/m1/s1. The molecule has 0 aromatic heterocycles. The molecule has 0 radical (unpaired) electrons. The highest BCUT2D eigenvalue weighted by Gasteiger charge is 2.53. The van der Waals surface area contributed by atoms with Crippen molar-refractivity contribution < 1.29 is 14.3 Å². The molecular formula is C11H18FNO2. The first-order valence-electron chi connectivity index (χ1n) is 5.67. The van der Waals surface area contributed by atoms with E-state index in [0.717, 1.165) is 12.8 Å². The maximum atomic E-state index is 13.4. The molecule has 2 saturated heterocycles. The number of ketones is 1. The Morgan fingerprint density at radius 3 is 3.00 bits per heavy atom. The van der Waals surface area contributed by atoms with Crippen LogP contribution in [-0.4, -0.2) is 46.7 Å². The molecule has 86 valence electrons. The summed E-state index contributed by atoms with van der Waals surface area (Å²) in [5.74, 6) is 0.180. The Bertz CT molecular complexity index is 271. The van der Waals surface area contributed by atoms with Crippen LogP contribution in [0.2, 0.25) is 0 Å². The monoisotopic (exact) mass is 215 g/mol. The first-order valence-corrected chi connectivity index (χ1v) is 5.67. The molecule has 0 amide bonds. The minimum atomic E-state index is -0.885. The summed E-state index contributed by atoms with van der Waals surface area (Å²) in [6.07, 6.45) is 1.53. The van der Waals surface area contributed by atoms with E-state index in [1.807, 2.05) is 11.8 Å². The third-order valence-corrected chi connectivity index (χ3v) is 3.88. The average Bonchev–Trinajstić information content (AvgIpc) is 2.71. The van der Waals surface area contributed by atoms with Gasteiger partial charge in [-0.2, -0.15) is 0 Å². The van der Waals surface area contributed by atoms with Gasteiger partial charge in [-0.3, -0.25) is 9.69 Å². The van der Waals surface area contributed by atoms with Crippen molar-refractivity contribution in [3.05, 3.63) is 0 Å². The van der Waals surface area contributed by atoms with E-state index in [4.69, 9.17) is 0 Å². The van der Waals surface area contributed by atoms with Crippen molar-refractivity contribution in [1.82, 2.24) is 4.90 Å². The van der Waals surface area contributed by atoms with E-state index in [2.05, 4.69) is 0 Å². The second-order valence-corrected chi connectivity index (χ2v) is 4.71. The van der Waals surface area contributed by atoms with E-state index in [0.29, 0.717) is 19.4 Å². The number of carbonyl (C=O) groups excluding carboxylic acids is 1. The number of halogens is 1. The summed E-state index contributed by atoms with van der Waals surface area (Å²) in [7, 11) is 0.